The summed E-state index contributed by atoms with van der Waals surface area (Å²) in [7, 11) is 3.13. The SMILES string of the molecule is CCOc1cccc(/C=C2\N=C(c3cccc(OC)c3)OC2=O)c1OC. The van der Waals surface area contributed by atoms with Crippen LogP contribution in [0.25, 0.3) is 6.08 Å². The number of cyclic esters (lactones) is 1. The molecule has 2 aromatic carbocycles. The Morgan fingerprint density at radius 2 is 1.92 bits per heavy atom. The molecule has 0 saturated heterocycles. The first-order valence-corrected chi connectivity index (χ1v) is 8.13. The molecule has 6 nitrogen and oxygen atoms in total. The summed E-state index contributed by atoms with van der Waals surface area (Å²) in [4.78, 5) is 16.5. The minimum Gasteiger partial charge on any atom is -0.497 e. The van der Waals surface area contributed by atoms with Gasteiger partial charge in [-0.3, -0.25) is 0 Å². The molecule has 2 aromatic rings. The molecule has 0 spiro atoms. The molecular weight excluding hydrogens is 334 g/mol. The van der Waals surface area contributed by atoms with Gasteiger partial charge in [0.2, 0.25) is 5.90 Å². The second-order valence-electron chi connectivity index (χ2n) is 5.38. The maximum atomic E-state index is 12.2. The van der Waals surface area contributed by atoms with Gasteiger partial charge in [0.05, 0.1) is 20.8 Å². The second kappa shape index (κ2) is 7.74. The first kappa shape index (κ1) is 17.5. The van der Waals surface area contributed by atoms with Crippen LogP contribution >= 0.6 is 0 Å². The molecule has 0 fully saturated rings. The van der Waals surface area contributed by atoms with Crippen molar-refractivity contribution < 1.29 is 23.7 Å². The van der Waals surface area contributed by atoms with E-state index >= 15 is 0 Å². The average molecular weight is 353 g/mol. The number of para-hydroxylation sites is 1. The second-order valence-corrected chi connectivity index (χ2v) is 5.38. The van der Waals surface area contributed by atoms with Gasteiger partial charge in [0.25, 0.3) is 0 Å². The molecule has 0 amide bonds. The average Bonchev–Trinajstić information content (AvgIpc) is 3.03. The van der Waals surface area contributed by atoms with Crippen LogP contribution in [0.5, 0.6) is 17.2 Å². The number of rotatable bonds is 6. The third-order valence-electron chi connectivity index (χ3n) is 3.74. The molecule has 3 rings (SSSR count). The molecule has 1 heterocycles. The Bertz CT molecular complexity index is 886. The van der Waals surface area contributed by atoms with E-state index in [2.05, 4.69) is 4.99 Å². The molecule has 134 valence electrons. The van der Waals surface area contributed by atoms with Gasteiger partial charge in [-0.25, -0.2) is 9.79 Å². The summed E-state index contributed by atoms with van der Waals surface area (Å²) >= 11 is 0. The largest absolute Gasteiger partial charge is 0.497 e. The van der Waals surface area contributed by atoms with Crippen molar-refractivity contribution in [1.82, 2.24) is 0 Å². The molecule has 26 heavy (non-hydrogen) atoms. The summed E-state index contributed by atoms with van der Waals surface area (Å²) in [6, 6.07) is 12.6. The number of carbonyl (C=O) groups excluding carboxylic acids is 1. The zero-order chi connectivity index (χ0) is 18.5. The van der Waals surface area contributed by atoms with Crippen molar-refractivity contribution in [3.63, 3.8) is 0 Å². The number of carbonyl (C=O) groups is 1. The van der Waals surface area contributed by atoms with Crippen LogP contribution in [0.15, 0.2) is 53.2 Å². The number of hydrogen-bond acceptors (Lipinski definition) is 6. The van der Waals surface area contributed by atoms with E-state index in [9.17, 15) is 4.79 Å². The van der Waals surface area contributed by atoms with Gasteiger partial charge in [0, 0.05) is 11.1 Å². The highest BCUT2D eigenvalue weighted by atomic mass is 16.6. The van der Waals surface area contributed by atoms with Gasteiger partial charge in [0.15, 0.2) is 17.2 Å². The highest BCUT2D eigenvalue weighted by molar-refractivity contribution is 6.13. The molecular formula is C20H19NO5. The standard InChI is InChI=1S/C20H19NO5/c1-4-25-17-10-6-7-13(18(17)24-3)12-16-20(22)26-19(21-16)14-8-5-9-15(11-14)23-2/h5-12H,4H2,1-3H3/b16-12-. The normalized spacial score (nSPS) is 14.8. The summed E-state index contributed by atoms with van der Waals surface area (Å²) in [5.41, 5.74) is 1.53. The number of benzene rings is 2. The minimum atomic E-state index is -0.522. The van der Waals surface area contributed by atoms with Crippen LogP contribution in [0.2, 0.25) is 0 Å². The fraction of sp³-hybridized carbons (Fsp3) is 0.200. The van der Waals surface area contributed by atoms with Gasteiger partial charge in [0.1, 0.15) is 5.75 Å². The molecule has 0 unspecified atom stereocenters. The summed E-state index contributed by atoms with van der Waals surface area (Å²) in [5.74, 6) is 1.52. The first-order valence-electron chi connectivity index (χ1n) is 8.13. The Kier molecular flexibility index (Phi) is 5.22. The van der Waals surface area contributed by atoms with E-state index < -0.39 is 5.97 Å². The smallest absolute Gasteiger partial charge is 0.363 e. The predicted molar refractivity (Wildman–Crippen MR) is 97.8 cm³/mol. The van der Waals surface area contributed by atoms with E-state index in [4.69, 9.17) is 18.9 Å². The van der Waals surface area contributed by atoms with E-state index in [-0.39, 0.29) is 11.6 Å². The van der Waals surface area contributed by atoms with Gasteiger partial charge >= 0.3 is 5.97 Å². The van der Waals surface area contributed by atoms with Crippen LogP contribution < -0.4 is 14.2 Å². The highest BCUT2D eigenvalue weighted by Crippen LogP contribution is 2.33. The van der Waals surface area contributed by atoms with Gasteiger partial charge in [-0.05, 0) is 37.3 Å². The molecule has 0 atom stereocenters. The Labute approximate surface area is 151 Å². The summed E-state index contributed by atoms with van der Waals surface area (Å²) in [6.45, 7) is 2.40. The quantitative estimate of drug-likeness (QED) is 0.588. The van der Waals surface area contributed by atoms with Crippen molar-refractivity contribution in [2.45, 2.75) is 6.92 Å². The van der Waals surface area contributed by atoms with E-state index in [0.29, 0.717) is 35.0 Å². The monoisotopic (exact) mass is 353 g/mol. The number of esters is 1. The molecule has 6 heteroatoms. The maximum absolute atomic E-state index is 12.2. The summed E-state index contributed by atoms with van der Waals surface area (Å²) in [6.07, 6.45) is 1.62. The van der Waals surface area contributed by atoms with Crippen LogP contribution in [0.1, 0.15) is 18.1 Å². The number of nitrogens with zero attached hydrogens (tertiary/aromatic N) is 1. The number of ether oxygens (including phenoxy) is 4. The van der Waals surface area contributed by atoms with Crippen molar-refractivity contribution in [2.24, 2.45) is 4.99 Å². The fourth-order valence-corrected chi connectivity index (χ4v) is 2.57. The van der Waals surface area contributed by atoms with Gasteiger partial charge in [-0.2, -0.15) is 0 Å². The Morgan fingerprint density at radius 3 is 2.65 bits per heavy atom. The highest BCUT2D eigenvalue weighted by Gasteiger charge is 2.25. The topological polar surface area (TPSA) is 66.3 Å². The summed E-state index contributed by atoms with van der Waals surface area (Å²) in [5, 5.41) is 0. The lowest BCUT2D eigenvalue weighted by atomic mass is 10.1. The molecule has 0 bridgehead atoms. The van der Waals surface area contributed by atoms with Crippen molar-refractivity contribution >= 4 is 17.9 Å². The maximum Gasteiger partial charge on any atom is 0.363 e. The first-order chi connectivity index (χ1) is 12.7. The Morgan fingerprint density at radius 1 is 1.12 bits per heavy atom. The molecule has 0 N–H and O–H groups in total. The van der Waals surface area contributed by atoms with Crippen molar-refractivity contribution in [2.75, 3.05) is 20.8 Å². The van der Waals surface area contributed by atoms with Gasteiger partial charge in [-0.15, -0.1) is 0 Å². The predicted octanol–water partition coefficient (Wildman–Crippen LogP) is 3.45. The van der Waals surface area contributed by atoms with Crippen LogP contribution in [0.4, 0.5) is 0 Å². The van der Waals surface area contributed by atoms with E-state index in [1.807, 2.05) is 31.2 Å². The number of methoxy groups -OCH3 is 2. The molecule has 0 aromatic heterocycles. The third kappa shape index (κ3) is 3.54. The van der Waals surface area contributed by atoms with E-state index in [1.54, 1.807) is 38.5 Å². The van der Waals surface area contributed by atoms with Crippen LogP contribution in [0, 0.1) is 0 Å². The Balaban J connectivity index is 1.97. The zero-order valence-electron chi connectivity index (χ0n) is 14.8. The molecule has 0 saturated carbocycles. The van der Waals surface area contributed by atoms with Gasteiger partial charge < -0.3 is 18.9 Å². The molecule has 1 aliphatic heterocycles. The minimum absolute atomic E-state index is 0.190. The lowest BCUT2D eigenvalue weighted by molar-refractivity contribution is -0.129. The fourth-order valence-electron chi connectivity index (χ4n) is 2.57. The molecule has 0 radical (unpaired) electrons. The summed E-state index contributed by atoms with van der Waals surface area (Å²) < 4.78 is 21.5. The zero-order valence-corrected chi connectivity index (χ0v) is 14.8. The number of aliphatic imine (C=N–C) groups is 1. The van der Waals surface area contributed by atoms with Crippen LogP contribution in [-0.2, 0) is 9.53 Å². The van der Waals surface area contributed by atoms with E-state index in [0.717, 1.165) is 0 Å². The lowest BCUT2D eigenvalue weighted by Gasteiger charge is -2.11. The lowest BCUT2D eigenvalue weighted by Crippen LogP contribution is -2.05. The molecule has 0 aliphatic carbocycles. The Hall–Kier alpha value is -3.28. The third-order valence-corrected chi connectivity index (χ3v) is 3.74. The van der Waals surface area contributed by atoms with Gasteiger partial charge in [-0.1, -0.05) is 18.2 Å². The van der Waals surface area contributed by atoms with Crippen LogP contribution in [0.3, 0.4) is 0 Å². The van der Waals surface area contributed by atoms with Crippen molar-refractivity contribution in [3.05, 3.63) is 59.3 Å². The van der Waals surface area contributed by atoms with Crippen molar-refractivity contribution in [1.29, 1.82) is 0 Å². The van der Waals surface area contributed by atoms with Crippen molar-refractivity contribution in [3.8, 4) is 17.2 Å². The van der Waals surface area contributed by atoms with Crippen LogP contribution in [-0.4, -0.2) is 32.7 Å². The number of hydrogen-bond donors (Lipinski definition) is 0. The molecule has 1 aliphatic rings. The van der Waals surface area contributed by atoms with E-state index in [1.165, 1.54) is 0 Å².